The van der Waals surface area contributed by atoms with Crippen LogP contribution in [0.3, 0.4) is 0 Å². The molecule has 0 fully saturated rings. The number of methoxy groups -OCH3 is 2. The van der Waals surface area contributed by atoms with Gasteiger partial charge in [0, 0.05) is 24.4 Å². The fourth-order valence-corrected chi connectivity index (χ4v) is 3.68. The molecule has 0 saturated heterocycles. The van der Waals surface area contributed by atoms with Gasteiger partial charge in [0.05, 0.1) is 19.9 Å². The van der Waals surface area contributed by atoms with E-state index >= 15 is 0 Å². The van der Waals surface area contributed by atoms with Crippen LogP contribution in [0.15, 0.2) is 36.4 Å². The van der Waals surface area contributed by atoms with Crippen LogP contribution in [0.25, 0.3) is 11.3 Å². The summed E-state index contributed by atoms with van der Waals surface area (Å²) in [6, 6.07) is 12.2. The van der Waals surface area contributed by atoms with Crippen LogP contribution in [-0.2, 0) is 0 Å². The van der Waals surface area contributed by atoms with Crippen LogP contribution in [0.1, 0.15) is 22.5 Å². The van der Waals surface area contributed by atoms with Gasteiger partial charge in [-0.25, -0.2) is 9.97 Å². The zero-order chi connectivity index (χ0) is 20.4. The van der Waals surface area contributed by atoms with Gasteiger partial charge in [-0.1, -0.05) is 17.7 Å². The Morgan fingerprint density at radius 1 is 0.786 bits per heavy atom. The van der Waals surface area contributed by atoms with E-state index in [0.717, 1.165) is 22.9 Å². The molecule has 1 aromatic heterocycles. The standard InChI is InChI=1S/C23H27N3O2/c1-14-10-15(2)23(16(3)11-14)26(5)22-13-19(24-17(4)25-22)18-8-9-20(27-6)21(12-18)28-7/h8-13H,1-7H3. The van der Waals surface area contributed by atoms with Gasteiger partial charge in [-0.3, -0.25) is 0 Å². The Labute approximate surface area is 167 Å². The largest absolute Gasteiger partial charge is 0.493 e. The summed E-state index contributed by atoms with van der Waals surface area (Å²) in [5.41, 5.74) is 6.68. The molecule has 0 unspecified atom stereocenters. The third-order valence-corrected chi connectivity index (χ3v) is 4.82. The lowest BCUT2D eigenvalue weighted by Crippen LogP contribution is -2.15. The number of anilines is 2. The summed E-state index contributed by atoms with van der Waals surface area (Å²) >= 11 is 0. The maximum atomic E-state index is 5.44. The highest BCUT2D eigenvalue weighted by atomic mass is 16.5. The second-order valence-corrected chi connectivity index (χ2v) is 7.03. The second-order valence-electron chi connectivity index (χ2n) is 7.03. The second kappa shape index (κ2) is 7.89. The zero-order valence-corrected chi connectivity index (χ0v) is 17.6. The minimum atomic E-state index is 0.677. The maximum Gasteiger partial charge on any atom is 0.161 e. The highest BCUT2D eigenvalue weighted by molar-refractivity contribution is 5.72. The first kappa shape index (κ1) is 19.7. The number of hydrogen-bond acceptors (Lipinski definition) is 5. The predicted molar refractivity (Wildman–Crippen MR) is 114 cm³/mol. The van der Waals surface area contributed by atoms with Crippen molar-refractivity contribution in [3.63, 3.8) is 0 Å². The van der Waals surface area contributed by atoms with Gasteiger partial charge in [-0.05, 0) is 57.0 Å². The van der Waals surface area contributed by atoms with Gasteiger partial charge >= 0.3 is 0 Å². The average molecular weight is 377 g/mol. The molecular weight excluding hydrogens is 350 g/mol. The van der Waals surface area contributed by atoms with E-state index in [-0.39, 0.29) is 0 Å². The molecule has 0 aliphatic rings. The van der Waals surface area contributed by atoms with Crippen LogP contribution in [0.4, 0.5) is 11.5 Å². The Balaban J connectivity index is 2.08. The molecule has 5 nitrogen and oxygen atoms in total. The molecule has 146 valence electrons. The number of rotatable bonds is 5. The first-order valence-electron chi connectivity index (χ1n) is 9.23. The Kier molecular flexibility index (Phi) is 5.54. The highest BCUT2D eigenvalue weighted by Gasteiger charge is 2.15. The first-order chi connectivity index (χ1) is 13.3. The Morgan fingerprint density at radius 3 is 2.04 bits per heavy atom. The van der Waals surface area contributed by atoms with Gasteiger partial charge in [0.25, 0.3) is 0 Å². The molecule has 1 heterocycles. The van der Waals surface area contributed by atoms with Gasteiger partial charge < -0.3 is 14.4 Å². The minimum absolute atomic E-state index is 0.677. The van der Waals surface area contributed by atoms with Crippen LogP contribution >= 0.6 is 0 Å². The summed E-state index contributed by atoms with van der Waals surface area (Å²) in [6.45, 7) is 8.30. The Bertz CT molecular complexity index is 992. The molecule has 5 heteroatoms. The Morgan fingerprint density at radius 2 is 1.43 bits per heavy atom. The molecule has 0 aliphatic carbocycles. The topological polar surface area (TPSA) is 47.5 Å². The van der Waals surface area contributed by atoms with Crippen LogP contribution in [0, 0.1) is 27.7 Å². The van der Waals surface area contributed by atoms with Crippen molar-refractivity contribution >= 4 is 11.5 Å². The molecule has 28 heavy (non-hydrogen) atoms. The van der Waals surface area contributed by atoms with E-state index in [1.54, 1.807) is 14.2 Å². The molecule has 3 aromatic rings. The van der Waals surface area contributed by atoms with E-state index in [0.29, 0.717) is 11.5 Å². The van der Waals surface area contributed by atoms with Gasteiger partial charge in [-0.15, -0.1) is 0 Å². The zero-order valence-electron chi connectivity index (χ0n) is 17.6. The summed E-state index contributed by atoms with van der Waals surface area (Å²) in [4.78, 5) is 11.4. The predicted octanol–water partition coefficient (Wildman–Crippen LogP) is 5.16. The fourth-order valence-electron chi connectivity index (χ4n) is 3.68. The minimum Gasteiger partial charge on any atom is -0.493 e. The summed E-state index contributed by atoms with van der Waals surface area (Å²) in [5.74, 6) is 2.94. The lowest BCUT2D eigenvalue weighted by Gasteiger charge is -2.24. The Hall–Kier alpha value is -3.08. The molecule has 0 amide bonds. The van der Waals surface area contributed by atoms with E-state index in [2.05, 4.69) is 47.8 Å². The van der Waals surface area contributed by atoms with Crippen molar-refractivity contribution in [1.29, 1.82) is 0 Å². The fraction of sp³-hybridized carbons (Fsp3) is 0.304. The number of aromatic nitrogens is 2. The molecule has 0 atom stereocenters. The number of nitrogens with zero attached hydrogens (tertiary/aromatic N) is 3. The van der Waals surface area contributed by atoms with Crippen molar-refractivity contribution < 1.29 is 9.47 Å². The number of hydrogen-bond donors (Lipinski definition) is 0. The van der Waals surface area contributed by atoms with Gasteiger partial charge in [0.2, 0.25) is 0 Å². The third-order valence-electron chi connectivity index (χ3n) is 4.82. The van der Waals surface area contributed by atoms with E-state index in [9.17, 15) is 0 Å². The monoisotopic (exact) mass is 377 g/mol. The average Bonchev–Trinajstić information content (AvgIpc) is 2.66. The summed E-state index contributed by atoms with van der Waals surface area (Å²) in [7, 11) is 5.31. The van der Waals surface area contributed by atoms with E-state index in [1.165, 1.54) is 22.4 Å². The number of ether oxygens (including phenoxy) is 2. The normalized spacial score (nSPS) is 10.7. The van der Waals surface area contributed by atoms with Crippen molar-refractivity contribution in [2.45, 2.75) is 27.7 Å². The van der Waals surface area contributed by atoms with Gasteiger partial charge in [-0.2, -0.15) is 0 Å². The summed E-state index contributed by atoms with van der Waals surface area (Å²) < 4.78 is 10.8. The summed E-state index contributed by atoms with van der Waals surface area (Å²) in [6.07, 6.45) is 0. The van der Waals surface area contributed by atoms with Crippen LogP contribution in [-0.4, -0.2) is 31.2 Å². The first-order valence-corrected chi connectivity index (χ1v) is 9.23. The third kappa shape index (κ3) is 3.79. The SMILES string of the molecule is COc1ccc(-c2cc(N(C)c3c(C)cc(C)cc3C)nc(C)n2)cc1OC. The van der Waals surface area contributed by atoms with Gasteiger partial charge in [0.15, 0.2) is 11.5 Å². The summed E-state index contributed by atoms with van der Waals surface area (Å²) in [5, 5.41) is 0. The van der Waals surface area contributed by atoms with Gasteiger partial charge in [0.1, 0.15) is 11.6 Å². The molecule has 0 radical (unpaired) electrons. The van der Waals surface area contributed by atoms with Crippen molar-refractivity contribution in [2.24, 2.45) is 0 Å². The highest BCUT2D eigenvalue weighted by Crippen LogP contribution is 2.34. The molecule has 0 aliphatic heterocycles. The quantitative estimate of drug-likeness (QED) is 0.614. The van der Waals surface area contributed by atoms with Crippen molar-refractivity contribution in [1.82, 2.24) is 9.97 Å². The molecule has 0 saturated carbocycles. The van der Waals surface area contributed by atoms with Crippen molar-refractivity contribution in [2.75, 3.05) is 26.2 Å². The lowest BCUT2D eigenvalue weighted by atomic mass is 10.0. The smallest absolute Gasteiger partial charge is 0.161 e. The molecule has 2 aromatic carbocycles. The molecule has 0 spiro atoms. The lowest BCUT2D eigenvalue weighted by molar-refractivity contribution is 0.355. The number of benzene rings is 2. The van der Waals surface area contributed by atoms with E-state index in [4.69, 9.17) is 9.47 Å². The van der Waals surface area contributed by atoms with Crippen LogP contribution < -0.4 is 14.4 Å². The molecule has 0 bridgehead atoms. The molecular formula is C23H27N3O2. The van der Waals surface area contributed by atoms with Crippen LogP contribution in [0.5, 0.6) is 11.5 Å². The van der Waals surface area contributed by atoms with E-state index in [1.807, 2.05) is 38.2 Å². The van der Waals surface area contributed by atoms with Crippen molar-refractivity contribution in [3.05, 3.63) is 58.9 Å². The molecule has 3 rings (SSSR count). The maximum absolute atomic E-state index is 5.44. The molecule has 0 N–H and O–H groups in total. The van der Waals surface area contributed by atoms with Crippen molar-refractivity contribution in [3.8, 4) is 22.8 Å². The van der Waals surface area contributed by atoms with Crippen LogP contribution in [0.2, 0.25) is 0 Å². The van der Waals surface area contributed by atoms with E-state index < -0.39 is 0 Å². The number of aryl methyl sites for hydroxylation is 4.